The Morgan fingerprint density at radius 3 is 2.21 bits per heavy atom. The molecule has 1 fully saturated rings. The molecular formula is C18H17F4NO. The smallest absolute Gasteiger partial charge is 0.191 e. The Morgan fingerprint density at radius 1 is 0.917 bits per heavy atom. The van der Waals surface area contributed by atoms with Gasteiger partial charge in [0.2, 0.25) is 0 Å². The summed E-state index contributed by atoms with van der Waals surface area (Å²) in [7, 11) is 0. The summed E-state index contributed by atoms with van der Waals surface area (Å²) in [4.78, 5) is 0. The zero-order chi connectivity index (χ0) is 17.1. The van der Waals surface area contributed by atoms with Crippen molar-refractivity contribution in [2.45, 2.75) is 25.4 Å². The molecule has 1 aliphatic rings. The van der Waals surface area contributed by atoms with Crippen molar-refractivity contribution in [2.75, 3.05) is 13.1 Å². The van der Waals surface area contributed by atoms with Crippen LogP contribution in [0.2, 0.25) is 0 Å². The Kier molecular flexibility index (Phi) is 5.04. The lowest BCUT2D eigenvalue weighted by Crippen LogP contribution is -2.27. The Hall–Kier alpha value is -2.08. The number of ether oxygens (including phenoxy) is 1. The molecule has 0 radical (unpaired) electrons. The first-order valence-electron chi connectivity index (χ1n) is 7.81. The van der Waals surface area contributed by atoms with E-state index in [2.05, 4.69) is 5.32 Å². The molecule has 6 heteroatoms. The van der Waals surface area contributed by atoms with Gasteiger partial charge in [0, 0.05) is 0 Å². The first-order valence-corrected chi connectivity index (χ1v) is 7.81. The van der Waals surface area contributed by atoms with Gasteiger partial charge in [-0.3, -0.25) is 0 Å². The molecule has 2 aromatic rings. The minimum atomic E-state index is -1.000. The third kappa shape index (κ3) is 3.53. The Balaban J connectivity index is 1.87. The van der Waals surface area contributed by atoms with Crippen molar-refractivity contribution in [2.24, 2.45) is 0 Å². The van der Waals surface area contributed by atoms with Gasteiger partial charge in [-0.1, -0.05) is 6.07 Å². The molecule has 0 atom stereocenters. The fraction of sp³-hybridized carbons (Fsp3) is 0.333. The highest BCUT2D eigenvalue weighted by atomic mass is 19.2. The number of para-hydroxylation sites is 1. The molecule has 0 aromatic heterocycles. The van der Waals surface area contributed by atoms with Crippen molar-refractivity contribution >= 4 is 0 Å². The molecule has 2 aromatic carbocycles. The number of halogens is 4. The summed E-state index contributed by atoms with van der Waals surface area (Å²) in [6.07, 6.45) is 1.57. The van der Waals surface area contributed by atoms with Gasteiger partial charge < -0.3 is 10.1 Å². The van der Waals surface area contributed by atoms with E-state index in [4.69, 9.17) is 4.74 Å². The third-order valence-corrected chi connectivity index (χ3v) is 4.25. The van der Waals surface area contributed by atoms with E-state index in [-0.39, 0.29) is 12.5 Å². The number of rotatable bonds is 4. The first kappa shape index (κ1) is 16.8. The summed E-state index contributed by atoms with van der Waals surface area (Å²) in [6, 6.07) is 5.61. The van der Waals surface area contributed by atoms with E-state index >= 15 is 0 Å². The van der Waals surface area contributed by atoms with Crippen molar-refractivity contribution in [1.82, 2.24) is 5.32 Å². The summed E-state index contributed by atoms with van der Waals surface area (Å²) >= 11 is 0. The molecule has 1 saturated heterocycles. The minimum absolute atomic E-state index is 0.0606. The van der Waals surface area contributed by atoms with Crippen molar-refractivity contribution in [3.8, 4) is 5.75 Å². The highest BCUT2D eigenvalue weighted by molar-refractivity contribution is 5.33. The molecule has 1 heterocycles. The Bertz CT molecular complexity index is 709. The Morgan fingerprint density at radius 2 is 1.54 bits per heavy atom. The van der Waals surface area contributed by atoms with Crippen LogP contribution in [0, 0.1) is 23.3 Å². The molecule has 1 N–H and O–H groups in total. The molecule has 0 saturated carbocycles. The maximum Gasteiger partial charge on any atom is 0.191 e. The van der Waals surface area contributed by atoms with Crippen LogP contribution in [0.1, 0.15) is 29.9 Å². The highest BCUT2D eigenvalue weighted by Gasteiger charge is 2.21. The number of benzene rings is 2. The van der Waals surface area contributed by atoms with Crippen molar-refractivity contribution in [3.63, 3.8) is 0 Å². The molecule has 24 heavy (non-hydrogen) atoms. The van der Waals surface area contributed by atoms with Crippen LogP contribution in [0.25, 0.3) is 0 Å². The SMILES string of the molecule is Fc1cc(COc2c(F)cccc2F)c(C2CCNCC2)cc1F. The second-order valence-corrected chi connectivity index (χ2v) is 5.83. The largest absolute Gasteiger partial charge is 0.483 e. The molecule has 128 valence electrons. The molecule has 1 aliphatic heterocycles. The van der Waals surface area contributed by atoms with Gasteiger partial charge in [0.1, 0.15) is 6.61 Å². The van der Waals surface area contributed by atoms with Crippen LogP contribution in [-0.2, 0) is 6.61 Å². The van der Waals surface area contributed by atoms with Crippen LogP contribution in [0.5, 0.6) is 5.75 Å². The zero-order valence-corrected chi connectivity index (χ0v) is 12.9. The monoisotopic (exact) mass is 339 g/mol. The molecule has 0 bridgehead atoms. The summed E-state index contributed by atoms with van der Waals surface area (Å²) < 4.78 is 59.8. The molecule has 0 amide bonds. The molecular weight excluding hydrogens is 322 g/mol. The number of nitrogens with one attached hydrogen (secondary N) is 1. The van der Waals surface area contributed by atoms with Gasteiger partial charge in [-0.05, 0) is 67.2 Å². The maximum atomic E-state index is 13.7. The lowest BCUT2D eigenvalue weighted by atomic mass is 9.87. The third-order valence-electron chi connectivity index (χ3n) is 4.25. The molecule has 0 unspecified atom stereocenters. The lowest BCUT2D eigenvalue weighted by molar-refractivity contribution is 0.271. The van der Waals surface area contributed by atoms with Crippen molar-refractivity contribution in [3.05, 3.63) is 64.7 Å². The second kappa shape index (κ2) is 7.21. The summed E-state index contributed by atoms with van der Waals surface area (Å²) in [5.41, 5.74) is 1.04. The van der Waals surface area contributed by atoms with E-state index in [0.29, 0.717) is 11.1 Å². The van der Waals surface area contributed by atoms with E-state index in [1.807, 2.05) is 0 Å². The first-order chi connectivity index (χ1) is 11.6. The van der Waals surface area contributed by atoms with E-state index in [1.165, 1.54) is 12.1 Å². The van der Waals surface area contributed by atoms with Gasteiger partial charge in [0.05, 0.1) is 0 Å². The van der Waals surface area contributed by atoms with Gasteiger partial charge >= 0.3 is 0 Å². The fourth-order valence-corrected chi connectivity index (χ4v) is 3.01. The van der Waals surface area contributed by atoms with Gasteiger partial charge in [0.25, 0.3) is 0 Å². The van der Waals surface area contributed by atoms with E-state index in [1.54, 1.807) is 0 Å². The maximum absolute atomic E-state index is 13.7. The summed E-state index contributed by atoms with van der Waals surface area (Å²) in [6.45, 7) is 1.34. The number of hydrogen-bond donors (Lipinski definition) is 1. The standard InChI is InChI=1S/C18H17F4NO/c19-14-2-1-3-15(20)18(14)24-10-12-8-16(21)17(22)9-13(12)11-4-6-23-7-5-11/h1-3,8-9,11,23H,4-7,10H2. The molecule has 2 nitrogen and oxygen atoms in total. The van der Waals surface area contributed by atoms with Crippen LogP contribution in [0.4, 0.5) is 17.6 Å². The Labute approximate surface area is 137 Å². The topological polar surface area (TPSA) is 21.3 Å². The van der Waals surface area contributed by atoms with Gasteiger partial charge in [-0.25, -0.2) is 17.6 Å². The molecule has 3 rings (SSSR count). The second-order valence-electron chi connectivity index (χ2n) is 5.83. The van der Waals surface area contributed by atoms with Gasteiger partial charge in [-0.2, -0.15) is 0 Å². The van der Waals surface area contributed by atoms with Crippen LogP contribution >= 0.6 is 0 Å². The number of hydrogen-bond acceptors (Lipinski definition) is 2. The van der Waals surface area contributed by atoms with Crippen molar-refractivity contribution in [1.29, 1.82) is 0 Å². The van der Waals surface area contributed by atoms with Crippen LogP contribution < -0.4 is 10.1 Å². The number of piperidine rings is 1. The van der Waals surface area contributed by atoms with Crippen molar-refractivity contribution < 1.29 is 22.3 Å². The summed E-state index contributed by atoms with van der Waals surface area (Å²) in [5.74, 6) is -4.05. The lowest BCUT2D eigenvalue weighted by Gasteiger charge is -2.25. The average Bonchev–Trinajstić information content (AvgIpc) is 2.58. The fourth-order valence-electron chi connectivity index (χ4n) is 3.01. The normalized spacial score (nSPS) is 15.5. The zero-order valence-electron chi connectivity index (χ0n) is 12.9. The molecule has 0 spiro atoms. The van der Waals surface area contributed by atoms with Crippen LogP contribution in [0.3, 0.4) is 0 Å². The van der Waals surface area contributed by atoms with Gasteiger partial charge in [0.15, 0.2) is 29.0 Å². The van der Waals surface area contributed by atoms with E-state index in [9.17, 15) is 17.6 Å². The van der Waals surface area contributed by atoms with Crippen LogP contribution in [0.15, 0.2) is 30.3 Å². The van der Waals surface area contributed by atoms with Crippen LogP contribution in [-0.4, -0.2) is 13.1 Å². The van der Waals surface area contributed by atoms with E-state index in [0.717, 1.165) is 44.1 Å². The average molecular weight is 339 g/mol. The van der Waals surface area contributed by atoms with E-state index < -0.39 is 29.0 Å². The molecule has 0 aliphatic carbocycles. The predicted molar refractivity (Wildman–Crippen MR) is 81.9 cm³/mol. The predicted octanol–water partition coefficient (Wildman–Crippen LogP) is 4.29. The highest BCUT2D eigenvalue weighted by Crippen LogP contribution is 2.31. The minimum Gasteiger partial charge on any atom is -0.483 e. The quantitative estimate of drug-likeness (QED) is 0.839. The van der Waals surface area contributed by atoms with Gasteiger partial charge in [-0.15, -0.1) is 0 Å². The summed E-state index contributed by atoms with van der Waals surface area (Å²) in [5, 5.41) is 3.20.